The number of aliphatic hydroxyl groups is 1. The molecule has 1 saturated heterocycles. The monoisotopic (exact) mass is 282 g/mol. The molecule has 1 aliphatic carbocycles. The minimum atomic E-state index is 0.229. The van der Waals surface area contributed by atoms with Gasteiger partial charge in [-0.05, 0) is 25.2 Å². The van der Waals surface area contributed by atoms with E-state index in [1.54, 1.807) is 0 Å². The molecule has 2 fully saturated rings. The standard InChI is InChI=1S/C16H30N2O2/c1-2-15(13-19)17-8-10-18(11-9-17)16(20)12-14-6-4-3-5-7-14/h14-15,19H,2-13H2,1H3. The van der Waals surface area contributed by atoms with E-state index in [1.807, 2.05) is 4.90 Å². The van der Waals surface area contributed by atoms with Crippen LogP contribution in [0.2, 0.25) is 0 Å². The van der Waals surface area contributed by atoms with Crippen molar-refractivity contribution in [2.45, 2.75) is 57.9 Å². The van der Waals surface area contributed by atoms with Crippen molar-refractivity contribution in [3.05, 3.63) is 0 Å². The number of amides is 1. The molecule has 1 saturated carbocycles. The molecule has 0 aromatic heterocycles. The van der Waals surface area contributed by atoms with Crippen molar-refractivity contribution in [1.82, 2.24) is 9.80 Å². The molecule has 0 spiro atoms. The topological polar surface area (TPSA) is 43.8 Å². The highest BCUT2D eigenvalue weighted by molar-refractivity contribution is 5.76. The number of carbonyl (C=O) groups is 1. The zero-order valence-electron chi connectivity index (χ0n) is 12.9. The lowest BCUT2D eigenvalue weighted by Crippen LogP contribution is -2.52. The Balaban J connectivity index is 1.73. The first kappa shape index (κ1) is 15.8. The summed E-state index contributed by atoms with van der Waals surface area (Å²) in [4.78, 5) is 16.7. The maximum atomic E-state index is 12.3. The first-order valence-corrected chi connectivity index (χ1v) is 8.37. The maximum Gasteiger partial charge on any atom is 0.222 e. The van der Waals surface area contributed by atoms with Crippen LogP contribution in [-0.4, -0.2) is 59.6 Å². The molecule has 1 N–H and O–H groups in total. The molecule has 0 radical (unpaired) electrons. The third kappa shape index (κ3) is 4.19. The normalized spacial score (nSPS) is 23.8. The Bertz CT molecular complexity index is 291. The molecule has 1 heterocycles. The van der Waals surface area contributed by atoms with Gasteiger partial charge in [0.1, 0.15) is 0 Å². The fraction of sp³-hybridized carbons (Fsp3) is 0.938. The zero-order valence-corrected chi connectivity index (χ0v) is 12.9. The summed E-state index contributed by atoms with van der Waals surface area (Å²) in [5, 5.41) is 9.35. The smallest absolute Gasteiger partial charge is 0.222 e. The Morgan fingerprint density at radius 3 is 2.35 bits per heavy atom. The van der Waals surface area contributed by atoms with E-state index in [0.717, 1.165) is 39.0 Å². The van der Waals surface area contributed by atoms with Crippen molar-refractivity contribution >= 4 is 5.91 Å². The minimum Gasteiger partial charge on any atom is -0.395 e. The summed E-state index contributed by atoms with van der Waals surface area (Å²) < 4.78 is 0. The van der Waals surface area contributed by atoms with Crippen LogP contribution < -0.4 is 0 Å². The lowest BCUT2D eigenvalue weighted by atomic mass is 9.86. The van der Waals surface area contributed by atoms with Crippen molar-refractivity contribution in [3.8, 4) is 0 Å². The van der Waals surface area contributed by atoms with Crippen LogP contribution in [0, 0.1) is 5.92 Å². The predicted octanol–water partition coefficient (Wildman–Crippen LogP) is 1.87. The lowest BCUT2D eigenvalue weighted by Gasteiger charge is -2.39. The molecule has 4 nitrogen and oxygen atoms in total. The fourth-order valence-electron chi connectivity index (χ4n) is 3.61. The number of carbonyl (C=O) groups excluding carboxylic acids is 1. The van der Waals surface area contributed by atoms with E-state index in [9.17, 15) is 9.90 Å². The van der Waals surface area contributed by atoms with Crippen LogP contribution in [0.25, 0.3) is 0 Å². The third-order valence-electron chi connectivity index (χ3n) is 5.05. The van der Waals surface area contributed by atoms with Gasteiger partial charge in [0.2, 0.25) is 5.91 Å². The Hall–Kier alpha value is -0.610. The van der Waals surface area contributed by atoms with Gasteiger partial charge in [-0.2, -0.15) is 0 Å². The molecule has 0 aromatic rings. The van der Waals surface area contributed by atoms with Crippen molar-refractivity contribution in [1.29, 1.82) is 0 Å². The maximum absolute atomic E-state index is 12.3. The molecule has 0 bridgehead atoms. The van der Waals surface area contributed by atoms with E-state index in [4.69, 9.17) is 0 Å². The molecule has 20 heavy (non-hydrogen) atoms. The fourth-order valence-corrected chi connectivity index (χ4v) is 3.61. The van der Waals surface area contributed by atoms with Crippen molar-refractivity contribution in [2.24, 2.45) is 5.92 Å². The molecule has 1 aliphatic heterocycles. The highest BCUT2D eigenvalue weighted by atomic mass is 16.3. The average Bonchev–Trinajstić information content (AvgIpc) is 2.50. The van der Waals surface area contributed by atoms with Crippen LogP contribution in [0.15, 0.2) is 0 Å². The Labute approximate surface area is 123 Å². The van der Waals surface area contributed by atoms with Gasteiger partial charge in [-0.3, -0.25) is 9.69 Å². The molecule has 1 unspecified atom stereocenters. The first-order valence-electron chi connectivity index (χ1n) is 8.37. The Morgan fingerprint density at radius 2 is 1.80 bits per heavy atom. The summed E-state index contributed by atoms with van der Waals surface area (Å²) in [6.45, 7) is 5.84. The van der Waals surface area contributed by atoms with Gasteiger partial charge in [-0.1, -0.05) is 26.2 Å². The predicted molar refractivity (Wildman–Crippen MR) is 80.5 cm³/mol. The summed E-state index contributed by atoms with van der Waals surface area (Å²) in [7, 11) is 0. The van der Waals surface area contributed by atoms with Crippen molar-refractivity contribution in [3.63, 3.8) is 0 Å². The van der Waals surface area contributed by atoms with Gasteiger partial charge < -0.3 is 10.0 Å². The zero-order chi connectivity index (χ0) is 14.4. The summed E-state index contributed by atoms with van der Waals surface area (Å²) in [6, 6.07) is 0.269. The van der Waals surface area contributed by atoms with E-state index < -0.39 is 0 Å². The van der Waals surface area contributed by atoms with E-state index in [2.05, 4.69) is 11.8 Å². The van der Waals surface area contributed by atoms with Crippen LogP contribution >= 0.6 is 0 Å². The summed E-state index contributed by atoms with van der Waals surface area (Å²) in [6.07, 6.45) is 8.19. The molecule has 116 valence electrons. The highest BCUT2D eigenvalue weighted by Crippen LogP contribution is 2.27. The van der Waals surface area contributed by atoms with Gasteiger partial charge >= 0.3 is 0 Å². The average molecular weight is 282 g/mol. The molecule has 2 rings (SSSR count). The van der Waals surface area contributed by atoms with E-state index >= 15 is 0 Å². The second kappa shape index (κ2) is 7.99. The van der Waals surface area contributed by atoms with Crippen LogP contribution in [0.5, 0.6) is 0 Å². The molecular formula is C16H30N2O2. The Kier molecular flexibility index (Phi) is 6.30. The Morgan fingerprint density at radius 1 is 1.15 bits per heavy atom. The third-order valence-corrected chi connectivity index (χ3v) is 5.05. The van der Waals surface area contributed by atoms with Gasteiger partial charge in [0, 0.05) is 38.6 Å². The molecule has 4 heteroatoms. The van der Waals surface area contributed by atoms with Gasteiger partial charge in [0.25, 0.3) is 0 Å². The SMILES string of the molecule is CCC(CO)N1CCN(C(=O)CC2CCCCC2)CC1. The van der Waals surface area contributed by atoms with Gasteiger partial charge in [0.15, 0.2) is 0 Å². The molecule has 0 aromatic carbocycles. The first-order chi connectivity index (χ1) is 9.74. The van der Waals surface area contributed by atoms with E-state index in [1.165, 1.54) is 32.1 Å². The molecule has 1 atom stereocenters. The van der Waals surface area contributed by atoms with E-state index in [-0.39, 0.29) is 12.6 Å². The quantitative estimate of drug-likeness (QED) is 0.837. The lowest BCUT2D eigenvalue weighted by molar-refractivity contribution is -0.134. The largest absolute Gasteiger partial charge is 0.395 e. The number of hydrogen-bond donors (Lipinski definition) is 1. The van der Waals surface area contributed by atoms with Crippen molar-refractivity contribution < 1.29 is 9.90 Å². The van der Waals surface area contributed by atoms with E-state index in [0.29, 0.717) is 11.8 Å². The number of nitrogens with zero attached hydrogens (tertiary/aromatic N) is 2. The summed E-state index contributed by atoms with van der Waals surface area (Å²) in [5.41, 5.74) is 0. The van der Waals surface area contributed by atoms with Gasteiger partial charge in [-0.25, -0.2) is 0 Å². The van der Waals surface area contributed by atoms with Crippen molar-refractivity contribution in [2.75, 3.05) is 32.8 Å². The highest BCUT2D eigenvalue weighted by Gasteiger charge is 2.26. The van der Waals surface area contributed by atoms with Crippen LogP contribution in [0.3, 0.4) is 0 Å². The number of aliphatic hydroxyl groups excluding tert-OH is 1. The second-order valence-electron chi connectivity index (χ2n) is 6.37. The molecule has 2 aliphatic rings. The second-order valence-corrected chi connectivity index (χ2v) is 6.37. The van der Waals surface area contributed by atoms with Crippen LogP contribution in [-0.2, 0) is 4.79 Å². The van der Waals surface area contributed by atoms with Gasteiger partial charge in [-0.15, -0.1) is 0 Å². The van der Waals surface area contributed by atoms with Crippen LogP contribution in [0.1, 0.15) is 51.9 Å². The number of hydrogen-bond acceptors (Lipinski definition) is 3. The van der Waals surface area contributed by atoms with Crippen LogP contribution in [0.4, 0.5) is 0 Å². The summed E-state index contributed by atoms with van der Waals surface area (Å²) in [5.74, 6) is 0.990. The molecule has 1 amide bonds. The minimum absolute atomic E-state index is 0.229. The molecular weight excluding hydrogens is 252 g/mol. The van der Waals surface area contributed by atoms with Gasteiger partial charge in [0.05, 0.1) is 6.61 Å². The summed E-state index contributed by atoms with van der Waals surface area (Å²) >= 11 is 0. The number of rotatable bonds is 5. The number of piperazine rings is 1.